The zero-order chi connectivity index (χ0) is 23.4. The van der Waals surface area contributed by atoms with E-state index in [2.05, 4.69) is 5.32 Å². The number of hydrogen-bond donors (Lipinski definition) is 1. The second-order valence-corrected chi connectivity index (χ2v) is 8.75. The van der Waals surface area contributed by atoms with Crippen LogP contribution in [0.3, 0.4) is 0 Å². The van der Waals surface area contributed by atoms with E-state index in [1.54, 1.807) is 48.5 Å². The second kappa shape index (κ2) is 9.72. The van der Waals surface area contributed by atoms with E-state index < -0.39 is 11.2 Å². The van der Waals surface area contributed by atoms with E-state index in [1.807, 2.05) is 31.2 Å². The van der Waals surface area contributed by atoms with Crippen LogP contribution in [0.1, 0.15) is 11.1 Å². The molecule has 1 saturated heterocycles. The third-order valence-corrected chi connectivity index (χ3v) is 6.39. The summed E-state index contributed by atoms with van der Waals surface area (Å²) in [7, 11) is 0. The summed E-state index contributed by atoms with van der Waals surface area (Å²) in [6.07, 6.45) is 0.342. The molecule has 3 aromatic carbocycles. The highest BCUT2D eigenvalue weighted by Crippen LogP contribution is 2.42. The lowest BCUT2D eigenvalue weighted by Gasteiger charge is -2.18. The molecule has 0 spiro atoms. The maximum atomic E-state index is 13.4. The molecular weight excluding hydrogens is 437 g/mol. The number of nitriles is 1. The summed E-state index contributed by atoms with van der Waals surface area (Å²) in [6.45, 7) is 1.90. The third-order valence-electron chi connectivity index (χ3n) is 5.13. The summed E-state index contributed by atoms with van der Waals surface area (Å²) in [5, 5.41) is 12.4. The number of para-hydroxylation sites is 1. The third kappa shape index (κ3) is 4.97. The lowest BCUT2D eigenvalue weighted by Crippen LogP contribution is -2.30. The van der Waals surface area contributed by atoms with E-state index in [-0.39, 0.29) is 22.3 Å². The van der Waals surface area contributed by atoms with Crippen LogP contribution in [0.5, 0.6) is 0 Å². The van der Waals surface area contributed by atoms with Crippen LogP contribution in [0.2, 0.25) is 0 Å². The van der Waals surface area contributed by atoms with Crippen LogP contribution in [0.15, 0.2) is 89.5 Å². The van der Waals surface area contributed by atoms with Gasteiger partial charge in [-0.2, -0.15) is 5.26 Å². The maximum absolute atomic E-state index is 13.4. The molecule has 1 fully saturated rings. The van der Waals surface area contributed by atoms with Crippen molar-refractivity contribution >= 4 is 35.0 Å². The first kappa shape index (κ1) is 22.3. The van der Waals surface area contributed by atoms with Gasteiger partial charge in [-0.3, -0.25) is 14.5 Å². The highest BCUT2D eigenvalue weighted by Gasteiger charge is 2.40. The number of nitrogens with zero attached hydrogens (tertiary/aromatic N) is 2. The molecule has 1 aliphatic rings. The highest BCUT2D eigenvalue weighted by atomic mass is 32.2. The van der Waals surface area contributed by atoms with Crippen LogP contribution >= 0.6 is 11.8 Å². The highest BCUT2D eigenvalue weighted by molar-refractivity contribution is 8.05. The van der Waals surface area contributed by atoms with Crippen LogP contribution in [-0.2, 0) is 16.0 Å². The van der Waals surface area contributed by atoms with Gasteiger partial charge in [0.2, 0.25) is 5.91 Å². The van der Waals surface area contributed by atoms with Gasteiger partial charge in [0.15, 0.2) is 0 Å². The number of amides is 2. The normalized spacial score (nSPS) is 16.9. The number of halogens is 1. The Labute approximate surface area is 195 Å². The molecule has 0 aromatic heterocycles. The Morgan fingerprint density at radius 1 is 1.09 bits per heavy atom. The van der Waals surface area contributed by atoms with Crippen molar-refractivity contribution < 1.29 is 14.0 Å². The molecule has 2 amide bonds. The van der Waals surface area contributed by atoms with Crippen molar-refractivity contribution in [3.05, 3.63) is 106 Å². The molecule has 3 aromatic rings. The molecule has 0 bridgehead atoms. The van der Waals surface area contributed by atoms with Gasteiger partial charge < -0.3 is 5.32 Å². The number of nitrogens with one attached hydrogen (secondary N) is 1. The molecule has 1 heterocycles. The van der Waals surface area contributed by atoms with Crippen LogP contribution < -0.4 is 10.2 Å². The van der Waals surface area contributed by atoms with Crippen LogP contribution in [0, 0.1) is 24.1 Å². The van der Waals surface area contributed by atoms with Crippen LogP contribution in [0.25, 0.3) is 0 Å². The lowest BCUT2D eigenvalue weighted by atomic mass is 10.1. The van der Waals surface area contributed by atoms with Gasteiger partial charge in [0.1, 0.15) is 22.5 Å². The number of anilines is 2. The minimum absolute atomic E-state index is 0.139. The standard InChI is InChI=1S/C26H20FN3O2S/c1-17-6-5-7-20(14-17)29-24(31)22(16-28)26-30(21-8-3-2-4-9-21)25(32)23(33-26)15-18-10-12-19(27)13-11-18/h2-14,23H,15H2,1H3,(H,29,31)/b26-22-/t23-/m1/s1. The van der Waals surface area contributed by atoms with E-state index in [9.17, 15) is 19.2 Å². The maximum Gasteiger partial charge on any atom is 0.269 e. The van der Waals surface area contributed by atoms with Gasteiger partial charge in [-0.25, -0.2) is 4.39 Å². The van der Waals surface area contributed by atoms with Gasteiger partial charge in [-0.1, -0.05) is 54.2 Å². The second-order valence-electron chi connectivity index (χ2n) is 7.56. The summed E-state index contributed by atoms with van der Waals surface area (Å²) in [5.74, 6) is -1.17. The first-order valence-corrected chi connectivity index (χ1v) is 11.2. The molecule has 7 heteroatoms. The first-order valence-electron chi connectivity index (χ1n) is 10.3. The topological polar surface area (TPSA) is 73.2 Å². The summed E-state index contributed by atoms with van der Waals surface area (Å²) in [4.78, 5) is 27.9. The Balaban J connectivity index is 1.71. The van der Waals surface area contributed by atoms with E-state index in [0.29, 0.717) is 17.8 Å². The summed E-state index contributed by atoms with van der Waals surface area (Å²) in [6, 6.07) is 24.1. The molecule has 0 unspecified atom stereocenters. The van der Waals surface area contributed by atoms with Crippen LogP contribution in [-0.4, -0.2) is 17.1 Å². The molecule has 1 N–H and O–H groups in total. The fourth-order valence-electron chi connectivity index (χ4n) is 3.55. The molecule has 164 valence electrons. The van der Waals surface area contributed by atoms with Crippen LogP contribution in [0.4, 0.5) is 15.8 Å². The van der Waals surface area contributed by atoms with Crippen molar-refractivity contribution in [3.63, 3.8) is 0 Å². The van der Waals surface area contributed by atoms with E-state index in [4.69, 9.17) is 0 Å². The Morgan fingerprint density at radius 2 is 1.82 bits per heavy atom. The molecule has 1 atom stereocenters. The molecule has 0 saturated carbocycles. The van der Waals surface area contributed by atoms with Gasteiger partial charge in [-0.15, -0.1) is 0 Å². The molecule has 0 aliphatic carbocycles. The molecule has 0 radical (unpaired) electrons. The van der Waals surface area contributed by atoms with E-state index >= 15 is 0 Å². The molecule has 5 nitrogen and oxygen atoms in total. The SMILES string of the molecule is Cc1cccc(NC(=O)/C(C#N)=C2\S[C@H](Cc3ccc(F)cc3)C(=O)N2c2ccccc2)c1. The zero-order valence-electron chi connectivity index (χ0n) is 17.8. The Bertz CT molecular complexity index is 1270. The predicted octanol–water partition coefficient (Wildman–Crippen LogP) is 5.20. The minimum Gasteiger partial charge on any atom is -0.321 e. The van der Waals surface area contributed by atoms with E-state index in [0.717, 1.165) is 11.1 Å². The van der Waals surface area contributed by atoms with Gasteiger partial charge in [-0.05, 0) is 60.9 Å². The number of rotatable bonds is 5. The average Bonchev–Trinajstić information content (AvgIpc) is 3.12. The smallest absolute Gasteiger partial charge is 0.269 e. The average molecular weight is 458 g/mol. The monoisotopic (exact) mass is 457 g/mol. The fraction of sp³-hybridized carbons (Fsp3) is 0.115. The van der Waals surface area contributed by atoms with Gasteiger partial charge >= 0.3 is 0 Å². The number of benzene rings is 3. The minimum atomic E-state index is -0.582. The Morgan fingerprint density at radius 3 is 2.48 bits per heavy atom. The molecular formula is C26H20FN3O2S. The molecule has 33 heavy (non-hydrogen) atoms. The largest absolute Gasteiger partial charge is 0.321 e. The fourth-order valence-corrected chi connectivity index (χ4v) is 4.86. The molecule has 4 rings (SSSR count). The van der Waals surface area contributed by atoms with Crippen molar-refractivity contribution in [2.24, 2.45) is 0 Å². The van der Waals surface area contributed by atoms with Crippen molar-refractivity contribution in [1.82, 2.24) is 0 Å². The predicted molar refractivity (Wildman–Crippen MR) is 128 cm³/mol. The zero-order valence-corrected chi connectivity index (χ0v) is 18.6. The molecule has 1 aliphatic heterocycles. The van der Waals surface area contributed by atoms with Gasteiger partial charge in [0, 0.05) is 11.4 Å². The number of aryl methyl sites for hydroxylation is 1. The number of carbonyl (C=O) groups excluding carboxylic acids is 2. The Hall–Kier alpha value is -3.89. The lowest BCUT2D eigenvalue weighted by molar-refractivity contribution is -0.117. The number of thioether (sulfide) groups is 1. The Kier molecular flexibility index (Phi) is 6.57. The van der Waals surface area contributed by atoms with Gasteiger partial charge in [0.05, 0.1) is 5.25 Å². The van der Waals surface area contributed by atoms with Crippen molar-refractivity contribution in [2.75, 3.05) is 10.2 Å². The summed E-state index contributed by atoms with van der Waals surface area (Å²) in [5.41, 5.74) is 2.76. The quantitative estimate of drug-likeness (QED) is 0.422. The van der Waals surface area contributed by atoms with E-state index in [1.165, 1.54) is 28.8 Å². The van der Waals surface area contributed by atoms with Crippen molar-refractivity contribution in [1.29, 1.82) is 5.26 Å². The number of hydrogen-bond acceptors (Lipinski definition) is 4. The summed E-state index contributed by atoms with van der Waals surface area (Å²) >= 11 is 1.17. The first-order chi connectivity index (χ1) is 16.0. The van der Waals surface area contributed by atoms with Gasteiger partial charge in [0.25, 0.3) is 5.91 Å². The van der Waals surface area contributed by atoms with Crippen molar-refractivity contribution in [2.45, 2.75) is 18.6 Å². The van der Waals surface area contributed by atoms with Crippen molar-refractivity contribution in [3.8, 4) is 6.07 Å². The summed E-state index contributed by atoms with van der Waals surface area (Å²) < 4.78 is 13.3. The number of carbonyl (C=O) groups is 2.